The molecule has 1 rings (SSSR count). The van der Waals surface area contributed by atoms with Crippen LogP contribution in [0.1, 0.15) is 13.3 Å². The molecule has 0 saturated heterocycles. The van der Waals surface area contributed by atoms with Crippen molar-refractivity contribution in [2.24, 2.45) is 0 Å². The molecule has 0 amide bonds. The van der Waals surface area contributed by atoms with E-state index in [-0.39, 0.29) is 23.2 Å². The average molecular weight is 254 g/mol. The topological polar surface area (TPSA) is 26.3 Å². The van der Waals surface area contributed by atoms with Crippen LogP contribution >= 0.6 is 34.8 Å². The van der Waals surface area contributed by atoms with Crippen LogP contribution in [0.2, 0.25) is 15.1 Å². The van der Waals surface area contributed by atoms with Gasteiger partial charge in [-0.2, -0.15) is 0 Å². The van der Waals surface area contributed by atoms with Crippen LogP contribution in [0, 0.1) is 0 Å². The van der Waals surface area contributed by atoms with E-state index in [2.05, 4.69) is 0 Å². The molecule has 2 nitrogen and oxygen atoms in total. The van der Waals surface area contributed by atoms with E-state index in [4.69, 9.17) is 39.5 Å². The molecular weight excluding hydrogens is 246 g/mol. The monoisotopic (exact) mass is 252 g/mol. The van der Waals surface area contributed by atoms with Crippen LogP contribution in [0.5, 0.6) is 5.75 Å². The molecule has 0 aliphatic heterocycles. The number of ether oxygens (including phenoxy) is 1. The van der Waals surface area contributed by atoms with Crippen molar-refractivity contribution in [3.8, 4) is 5.75 Å². The van der Waals surface area contributed by atoms with Crippen LogP contribution in [-0.2, 0) is 4.79 Å². The largest absolute Gasteiger partial charge is 0.425 e. The number of rotatable bonds is 2. The molecule has 0 heterocycles. The van der Waals surface area contributed by atoms with E-state index in [1.165, 1.54) is 12.1 Å². The Morgan fingerprint density at radius 3 is 2.36 bits per heavy atom. The van der Waals surface area contributed by atoms with Crippen molar-refractivity contribution in [1.29, 1.82) is 0 Å². The van der Waals surface area contributed by atoms with Crippen LogP contribution in [0.4, 0.5) is 0 Å². The van der Waals surface area contributed by atoms with Gasteiger partial charge in [0.05, 0.1) is 15.1 Å². The summed E-state index contributed by atoms with van der Waals surface area (Å²) in [5.74, 6) is -0.141. The van der Waals surface area contributed by atoms with E-state index in [1.807, 2.05) is 0 Å². The Morgan fingerprint density at radius 2 is 1.79 bits per heavy atom. The molecule has 0 aliphatic rings. The van der Waals surface area contributed by atoms with Crippen molar-refractivity contribution in [2.75, 3.05) is 0 Å². The Labute approximate surface area is 96.7 Å². The highest BCUT2D eigenvalue weighted by Crippen LogP contribution is 2.33. The lowest BCUT2D eigenvalue weighted by molar-refractivity contribution is -0.134. The second-order valence-electron chi connectivity index (χ2n) is 2.52. The van der Waals surface area contributed by atoms with E-state index < -0.39 is 0 Å². The maximum absolute atomic E-state index is 11.0. The van der Waals surface area contributed by atoms with E-state index >= 15 is 0 Å². The van der Waals surface area contributed by atoms with Crippen molar-refractivity contribution < 1.29 is 9.53 Å². The highest BCUT2D eigenvalue weighted by molar-refractivity contribution is 6.43. The minimum atomic E-state index is -0.370. The van der Waals surface area contributed by atoms with E-state index in [9.17, 15) is 4.79 Å². The van der Waals surface area contributed by atoms with Crippen LogP contribution in [-0.4, -0.2) is 5.97 Å². The molecule has 1 aromatic carbocycles. The molecule has 0 spiro atoms. The standard InChI is InChI=1S/C9H7Cl3O2/c1-2-9(13)14-8-4-6(11)5(10)3-7(8)12/h3-4H,2H2,1H3. The van der Waals surface area contributed by atoms with E-state index in [1.54, 1.807) is 6.92 Å². The first-order valence-corrected chi connectivity index (χ1v) is 5.03. The molecule has 0 fully saturated rings. The fourth-order valence-electron chi connectivity index (χ4n) is 0.777. The fraction of sp³-hybridized carbons (Fsp3) is 0.222. The fourth-order valence-corrected chi connectivity index (χ4v) is 1.35. The van der Waals surface area contributed by atoms with Crippen LogP contribution in [0.3, 0.4) is 0 Å². The summed E-state index contributed by atoms with van der Waals surface area (Å²) in [6.07, 6.45) is 0.274. The molecule has 0 radical (unpaired) electrons. The Bertz CT molecular complexity index is 363. The second kappa shape index (κ2) is 4.87. The number of esters is 1. The highest BCUT2D eigenvalue weighted by atomic mass is 35.5. The summed E-state index contributed by atoms with van der Waals surface area (Å²) in [6, 6.07) is 2.85. The lowest BCUT2D eigenvalue weighted by Crippen LogP contribution is -2.05. The molecule has 14 heavy (non-hydrogen) atoms. The average Bonchev–Trinajstić information content (AvgIpc) is 2.14. The summed E-state index contributed by atoms with van der Waals surface area (Å²) < 4.78 is 4.92. The summed E-state index contributed by atoms with van der Waals surface area (Å²) in [4.78, 5) is 11.0. The predicted molar refractivity (Wildman–Crippen MR) is 57.4 cm³/mol. The molecule has 1 aromatic rings. The molecule has 0 N–H and O–H groups in total. The smallest absolute Gasteiger partial charge is 0.310 e. The summed E-state index contributed by atoms with van der Waals surface area (Å²) in [5.41, 5.74) is 0. The molecule has 0 aromatic heterocycles. The number of hydrogen-bond donors (Lipinski definition) is 0. The van der Waals surface area contributed by atoms with Gasteiger partial charge in [0.1, 0.15) is 0 Å². The van der Waals surface area contributed by atoms with Crippen LogP contribution in [0.25, 0.3) is 0 Å². The van der Waals surface area contributed by atoms with Gasteiger partial charge < -0.3 is 4.74 Å². The van der Waals surface area contributed by atoms with Gasteiger partial charge in [0, 0.05) is 12.5 Å². The lowest BCUT2D eigenvalue weighted by atomic mass is 10.3. The first-order valence-electron chi connectivity index (χ1n) is 3.89. The van der Waals surface area contributed by atoms with Crippen molar-refractivity contribution >= 4 is 40.8 Å². The predicted octanol–water partition coefficient (Wildman–Crippen LogP) is 3.96. The first-order chi connectivity index (χ1) is 6.54. The summed E-state index contributed by atoms with van der Waals surface area (Å²) >= 11 is 17.2. The van der Waals surface area contributed by atoms with Crippen molar-refractivity contribution in [2.45, 2.75) is 13.3 Å². The molecule has 0 bridgehead atoms. The molecule has 0 atom stereocenters. The van der Waals surface area contributed by atoms with E-state index in [0.717, 1.165) is 0 Å². The van der Waals surface area contributed by atoms with E-state index in [0.29, 0.717) is 10.0 Å². The van der Waals surface area contributed by atoms with Gasteiger partial charge in [-0.3, -0.25) is 4.79 Å². The SMILES string of the molecule is CCC(=O)Oc1cc(Cl)c(Cl)cc1Cl. The minimum Gasteiger partial charge on any atom is -0.425 e. The molecule has 5 heteroatoms. The van der Waals surface area contributed by atoms with Gasteiger partial charge >= 0.3 is 5.97 Å². The second-order valence-corrected chi connectivity index (χ2v) is 3.75. The van der Waals surface area contributed by atoms with Gasteiger partial charge in [0.2, 0.25) is 0 Å². The maximum atomic E-state index is 11.0. The molecule has 76 valence electrons. The molecule has 0 aliphatic carbocycles. The van der Waals surface area contributed by atoms with Crippen molar-refractivity contribution in [3.05, 3.63) is 27.2 Å². The van der Waals surface area contributed by atoms with Gasteiger partial charge in [-0.25, -0.2) is 0 Å². The third-order valence-electron chi connectivity index (χ3n) is 1.49. The van der Waals surface area contributed by atoms with Crippen molar-refractivity contribution in [3.63, 3.8) is 0 Å². The maximum Gasteiger partial charge on any atom is 0.310 e. The Hall–Kier alpha value is -0.440. The van der Waals surface area contributed by atoms with Gasteiger partial charge in [-0.1, -0.05) is 41.7 Å². The zero-order valence-corrected chi connectivity index (χ0v) is 9.58. The Kier molecular flexibility index (Phi) is 4.05. The number of halogens is 3. The highest BCUT2D eigenvalue weighted by Gasteiger charge is 2.09. The number of carbonyl (C=O) groups excluding carboxylic acids is 1. The Morgan fingerprint density at radius 1 is 1.21 bits per heavy atom. The molecular formula is C9H7Cl3O2. The number of hydrogen-bond acceptors (Lipinski definition) is 2. The molecule has 0 unspecified atom stereocenters. The van der Waals surface area contributed by atoms with Gasteiger partial charge in [0.15, 0.2) is 5.75 Å². The summed E-state index contributed by atoms with van der Waals surface area (Å²) in [5, 5.41) is 0.893. The number of benzene rings is 1. The van der Waals surface area contributed by atoms with Gasteiger partial charge in [0.25, 0.3) is 0 Å². The normalized spacial score (nSPS) is 10.0. The lowest BCUT2D eigenvalue weighted by Gasteiger charge is -2.06. The third kappa shape index (κ3) is 2.77. The van der Waals surface area contributed by atoms with Crippen LogP contribution < -0.4 is 4.74 Å². The van der Waals surface area contributed by atoms with Gasteiger partial charge in [-0.15, -0.1) is 0 Å². The third-order valence-corrected chi connectivity index (χ3v) is 2.50. The van der Waals surface area contributed by atoms with Crippen molar-refractivity contribution in [1.82, 2.24) is 0 Å². The summed E-state index contributed by atoms with van der Waals surface area (Å²) in [7, 11) is 0. The quantitative estimate of drug-likeness (QED) is 0.453. The summed E-state index contributed by atoms with van der Waals surface area (Å²) in [6.45, 7) is 1.69. The minimum absolute atomic E-state index is 0.230. The van der Waals surface area contributed by atoms with Gasteiger partial charge in [-0.05, 0) is 6.07 Å². The first kappa shape index (κ1) is 11.6. The van der Waals surface area contributed by atoms with Crippen LogP contribution in [0.15, 0.2) is 12.1 Å². The Balaban J connectivity index is 2.98. The zero-order chi connectivity index (χ0) is 10.7. The zero-order valence-electron chi connectivity index (χ0n) is 7.31. The number of carbonyl (C=O) groups is 1. The molecule has 0 saturated carbocycles.